The van der Waals surface area contributed by atoms with Gasteiger partial charge in [-0.3, -0.25) is 4.79 Å². The molecule has 4 nitrogen and oxygen atoms in total. The normalized spacial score (nSPS) is 39.0. The average molecular weight is 265 g/mol. The first-order valence-corrected chi connectivity index (χ1v) is 7.19. The summed E-state index contributed by atoms with van der Waals surface area (Å²) in [6.45, 7) is 10.0. The minimum atomic E-state index is -0.547. The van der Waals surface area contributed by atoms with Gasteiger partial charge in [0.05, 0.1) is 12.0 Å². The smallest absolute Gasteiger partial charge is 0.417 e. The minimum Gasteiger partial charge on any atom is -0.443 e. The Kier molecular flexibility index (Phi) is 2.40. The summed E-state index contributed by atoms with van der Waals surface area (Å²) in [7, 11) is 0. The number of hydrogen-bond donors (Lipinski definition) is 0. The molecular weight excluding hydrogens is 242 g/mol. The second kappa shape index (κ2) is 3.53. The van der Waals surface area contributed by atoms with Crippen molar-refractivity contribution in [2.24, 2.45) is 23.2 Å². The third-order valence-electron chi connectivity index (χ3n) is 5.35. The van der Waals surface area contributed by atoms with Gasteiger partial charge in [-0.25, -0.2) is 9.69 Å². The van der Waals surface area contributed by atoms with Crippen LogP contribution in [-0.2, 0) is 9.53 Å². The van der Waals surface area contributed by atoms with Crippen LogP contribution in [0.15, 0.2) is 0 Å². The summed E-state index contributed by atoms with van der Waals surface area (Å²) in [4.78, 5) is 25.7. The largest absolute Gasteiger partial charge is 0.443 e. The van der Waals surface area contributed by atoms with Crippen molar-refractivity contribution >= 4 is 12.0 Å². The number of likely N-dealkylation sites (tertiary alicyclic amines) is 1. The summed E-state index contributed by atoms with van der Waals surface area (Å²) in [5.74, 6) is 1.17. The van der Waals surface area contributed by atoms with Gasteiger partial charge in [0.1, 0.15) is 5.60 Å². The maximum atomic E-state index is 12.2. The van der Waals surface area contributed by atoms with Crippen LogP contribution >= 0.6 is 0 Å². The second-order valence-electron chi connectivity index (χ2n) is 7.88. The van der Waals surface area contributed by atoms with Crippen molar-refractivity contribution < 1.29 is 14.3 Å². The van der Waals surface area contributed by atoms with Crippen LogP contribution in [-0.4, -0.2) is 28.5 Å². The lowest BCUT2D eigenvalue weighted by atomic mass is 9.43. The monoisotopic (exact) mass is 265 g/mol. The van der Waals surface area contributed by atoms with Gasteiger partial charge >= 0.3 is 6.09 Å². The molecule has 0 aromatic rings. The highest BCUT2D eigenvalue weighted by atomic mass is 16.6. The first kappa shape index (κ1) is 12.9. The Balaban J connectivity index is 1.77. The summed E-state index contributed by atoms with van der Waals surface area (Å²) in [5.41, 5.74) is -0.281. The van der Waals surface area contributed by atoms with Crippen LogP contribution < -0.4 is 0 Å². The Morgan fingerprint density at radius 3 is 2.47 bits per heavy atom. The number of hydrogen-bond acceptors (Lipinski definition) is 3. The molecule has 0 aromatic carbocycles. The molecule has 3 aliphatic carbocycles. The molecule has 0 N–H and O–H groups in total. The highest BCUT2D eigenvalue weighted by molar-refractivity contribution is 6.00. The van der Waals surface area contributed by atoms with E-state index < -0.39 is 11.7 Å². The van der Waals surface area contributed by atoms with E-state index in [2.05, 4.69) is 13.8 Å². The van der Waals surface area contributed by atoms with E-state index >= 15 is 0 Å². The fraction of sp³-hybridized carbons (Fsp3) is 0.867. The molecule has 0 spiro atoms. The molecule has 3 saturated carbocycles. The van der Waals surface area contributed by atoms with Gasteiger partial charge in [-0.2, -0.15) is 0 Å². The van der Waals surface area contributed by atoms with Gasteiger partial charge in [-0.05, 0) is 50.9 Å². The minimum absolute atomic E-state index is 0.0237. The van der Waals surface area contributed by atoms with Crippen LogP contribution in [0.2, 0.25) is 0 Å². The van der Waals surface area contributed by atoms with Crippen molar-refractivity contribution in [1.82, 2.24) is 4.90 Å². The van der Waals surface area contributed by atoms with Gasteiger partial charge in [0.25, 0.3) is 0 Å². The second-order valence-corrected chi connectivity index (χ2v) is 7.88. The third-order valence-corrected chi connectivity index (χ3v) is 5.35. The molecule has 4 fully saturated rings. The van der Waals surface area contributed by atoms with Gasteiger partial charge in [-0.15, -0.1) is 0 Å². The zero-order chi connectivity index (χ0) is 14.2. The SMILES string of the molecule is CC(C)(C)OC(=O)N1C(=O)[C@H]2C[C@H]3C[C@@H]([C@H]21)C3(C)C. The predicted octanol–water partition coefficient (Wildman–Crippen LogP) is 2.81. The standard InChI is InChI=1S/C15H23NO3/c1-14(2,3)19-13(18)16-11-9(12(16)17)6-8-7-10(11)15(8,4)5/h8-11H,6-7H2,1-5H3/t8-,9-,10-,11-/m0/s1. The first-order valence-electron chi connectivity index (χ1n) is 7.19. The topological polar surface area (TPSA) is 46.6 Å². The zero-order valence-electron chi connectivity index (χ0n) is 12.4. The number of β-lactam (4-membered cyclic amide) rings is 1. The van der Waals surface area contributed by atoms with Crippen LogP contribution in [0.25, 0.3) is 0 Å². The van der Waals surface area contributed by atoms with Crippen LogP contribution in [0.1, 0.15) is 47.5 Å². The number of amides is 2. The van der Waals surface area contributed by atoms with Crippen molar-refractivity contribution in [2.45, 2.75) is 59.1 Å². The van der Waals surface area contributed by atoms with E-state index in [1.807, 2.05) is 20.8 Å². The predicted molar refractivity (Wildman–Crippen MR) is 70.4 cm³/mol. The van der Waals surface area contributed by atoms with E-state index in [0.717, 1.165) is 12.8 Å². The number of imide groups is 1. The van der Waals surface area contributed by atoms with Crippen LogP contribution in [0.4, 0.5) is 4.79 Å². The summed E-state index contributed by atoms with van der Waals surface area (Å²) in [6, 6.07) is 0.0855. The molecule has 4 rings (SSSR count). The van der Waals surface area contributed by atoms with Crippen molar-refractivity contribution in [3.05, 3.63) is 0 Å². The van der Waals surface area contributed by atoms with Gasteiger partial charge in [0.15, 0.2) is 0 Å². The van der Waals surface area contributed by atoms with Crippen molar-refractivity contribution in [1.29, 1.82) is 0 Å². The Labute approximate surface area is 114 Å². The third kappa shape index (κ3) is 1.65. The summed E-state index contributed by atoms with van der Waals surface area (Å²) in [5, 5.41) is 0. The van der Waals surface area contributed by atoms with Crippen LogP contribution in [0.5, 0.6) is 0 Å². The Hall–Kier alpha value is -1.06. The Bertz CT molecular complexity index is 449. The molecule has 4 atom stereocenters. The lowest BCUT2D eigenvalue weighted by Gasteiger charge is -2.67. The molecule has 1 aliphatic heterocycles. The highest BCUT2D eigenvalue weighted by Gasteiger charge is 2.68. The van der Waals surface area contributed by atoms with Crippen molar-refractivity contribution in [3.63, 3.8) is 0 Å². The fourth-order valence-electron chi connectivity index (χ4n) is 4.14. The fourth-order valence-corrected chi connectivity index (χ4v) is 4.14. The molecule has 0 aromatic heterocycles. The molecule has 2 bridgehead atoms. The Morgan fingerprint density at radius 2 is 1.95 bits per heavy atom. The first-order chi connectivity index (χ1) is 8.63. The van der Waals surface area contributed by atoms with E-state index in [1.165, 1.54) is 4.90 Å². The number of carbonyl (C=O) groups is 2. The number of nitrogens with zero attached hydrogens (tertiary/aromatic N) is 1. The average Bonchev–Trinajstić information content (AvgIpc) is 2.24. The lowest BCUT2D eigenvalue weighted by molar-refractivity contribution is -0.202. The molecule has 1 heterocycles. The Morgan fingerprint density at radius 1 is 1.32 bits per heavy atom. The van der Waals surface area contributed by atoms with E-state index in [9.17, 15) is 9.59 Å². The molecule has 0 unspecified atom stereocenters. The van der Waals surface area contributed by atoms with E-state index in [-0.39, 0.29) is 23.3 Å². The molecule has 0 radical (unpaired) electrons. The lowest BCUT2D eigenvalue weighted by Crippen LogP contribution is -2.75. The molecule has 106 valence electrons. The summed E-state index contributed by atoms with van der Waals surface area (Å²) in [6.07, 6.45) is 1.65. The molecule has 19 heavy (non-hydrogen) atoms. The maximum Gasteiger partial charge on any atom is 0.417 e. The van der Waals surface area contributed by atoms with Gasteiger partial charge in [0.2, 0.25) is 5.91 Å². The van der Waals surface area contributed by atoms with E-state index in [0.29, 0.717) is 11.8 Å². The number of rotatable bonds is 0. The molecule has 4 aliphatic rings. The van der Waals surface area contributed by atoms with Gasteiger partial charge in [0, 0.05) is 0 Å². The molecule has 2 amide bonds. The summed E-state index contributed by atoms with van der Waals surface area (Å²) < 4.78 is 5.36. The maximum absolute atomic E-state index is 12.2. The van der Waals surface area contributed by atoms with Crippen LogP contribution in [0.3, 0.4) is 0 Å². The molecular formula is C15H23NO3. The van der Waals surface area contributed by atoms with Crippen LogP contribution in [0, 0.1) is 23.2 Å². The van der Waals surface area contributed by atoms with E-state index in [1.54, 1.807) is 0 Å². The number of ether oxygens (including phenoxy) is 1. The number of carbonyl (C=O) groups excluding carboxylic acids is 2. The van der Waals surface area contributed by atoms with Crippen molar-refractivity contribution in [3.8, 4) is 0 Å². The quantitative estimate of drug-likeness (QED) is 0.633. The highest BCUT2D eigenvalue weighted by Crippen LogP contribution is 2.64. The van der Waals surface area contributed by atoms with Gasteiger partial charge < -0.3 is 4.74 Å². The molecule has 4 heteroatoms. The zero-order valence-corrected chi connectivity index (χ0v) is 12.4. The van der Waals surface area contributed by atoms with Crippen molar-refractivity contribution in [2.75, 3.05) is 0 Å². The molecule has 1 saturated heterocycles. The van der Waals surface area contributed by atoms with Gasteiger partial charge in [-0.1, -0.05) is 13.8 Å². The van der Waals surface area contributed by atoms with E-state index in [4.69, 9.17) is 4.74 Å². The summed E-state index contributed by atoms with van der Waals surface area (Å²) >= 11 is 0.